The summed E-state index contributed by atoms with van der Waals surface area (Å²) in [6.45, 7) is 4.18. The Kier molecular flexibility index (Phi) is 5.33. The van der Waals surface area contributed by atoms with Gasteiger partial charge in [0.1, 0.15) is 5.69 Å². The van der Waals surface area contributed by atoms with E-state index < -0.39 is 11.9 Å². The molecule has 102 valence electrons. The smallest absolute Gasteiger partial charge is 0.343 e. The van der Waals surface area contributed by atoms with Gasteiger partial charge in [-0.25, -0.2) is 9.97 Å². The van der Waals surface area contributed by atoms with E-state index >= 15 is 0 Å². The topological polar surface area (TPSA) is 41.0 Å². The number of nitrogens with zero attached hydrogens (tertiary/aromatic N) is 3. The molecular weight excluding hydrogens is 245 g/mol. The van der Waals surface area contributed by atoms with E-state index in [1.807, 2.05) is 6.92 Å². The molecule has 0 aliphatic rings. The van der Waals surface area contributed by atoms with Gasteiger partial charge in [-0.15, -0.1) is 0 Å². The number of halogens is 3. The van der Waals surface area contributed by atoms with Crippen molar-refractivity contribution in [2.45, 2.75) is 19.5 Å². The van der Waals surface area contributed by atoms with Gasteiger partial charge in [-0.1, -0.05) is 6.92 Å². The van der Waals surface area contributed by atoms with Crippen molar-refractivity contribution in [3.05, 3.63) is 18.0 Å². The highest BCUT2D eigenvalue weighted by atomic mass is 19.4. The van der Waals surface area contributed by atoms with Crippen molar-refractivity contribution in [2.24, 2.45) is 0 Å². The van der Waals surface area contributed by atoms with Crippen LogP contribution in [0.15, 0.2) is 12.3 Å². The summed E-state index contributed by atoms with van der Waals surface area (Å²) in [4.78, 5) is 8.94. The number of anilines is 1. The Hall–Kier alpha value is -1.37. The number of hydrogen-bond acceptors (Lipinski definition) is 4. The van der Waals surface area contributed by atoms with Crippen LogP contribution in [-0.2, 0) is 6.18 Å². The quantitative estimate of drug-likeness (QED) is 0.795. The van der Waals surface area contributed by atoms with Crippen molar-refractivity contribution >= 4 is 5.95 Å². The van der Waals surface area contributed by atoms with E-state index in [1.54, 1.807) is 11.9 Å². The number of nitrogens with one attached hydrogen (secondary N) is 1. The highest BCUT2D eigenvalue weighted by Crippen LogP contribution is 2.27. The van der Waals surface area contributed by atoms with E-state index in [0.717, 1.165) is 25.2 Å². The molecule has 0 bridgehead atoms. The second-order valence-corrected chi connectivity index (χ2v) is 3.91. The Morgan fingerprint density at radius 1 is 1.33 bits per heavy atom. The molecule has 1 heterocycles. The van der Waals surface area contributed by atoms with E-state index in [0.29, 0.717) is 13.1 Å². The minimum Gasteiger partial charge on any atom is -0.343 e. The predicted octanol–water partition coefficient (Wildman–Crippen LogP) is 1.93. The fourth-order valence-corrected chi connectivity index (χ4v) is 1.34. The molecule has 4 nitrogen and oxygen atoms in total. The van der Waals surface area contributed by atoms with Crippen LogP contribution in [0.1, 0.15) is 19.0 Å². The molecule has 7 heteroatoms. The Morgan fingerprint density at radius 3 is 2.67 bits per heavy atom. The molecule has 1 aromatic rings. The van der Waals surface area contributed by atoms with Crippen LogP contribution in [0, 0.1) is 0 Å². The fraction of sp³-hybridized carbons (Fsp3) is 0.636. The minimum absolute atomic E-state index is 0.0862. The van der Waals surface area contributed by atoms with E-state index in [1.165, 1.54) is 0 Å². The second-order valence-electron chi connectivity index (χ2n) is 3.91. The van der Waals surface area contributed by atoms with Crippen LogP contribution in [0.25, 0.3) is 0 Å². The van der Waals surface area contributed by atoms with Gasteiger partial charge in [-0.05, 0) is 19.0 Å². The molecule has 0 saturated heterocycles. The van der Waals surface area contributed by atoms with Crippen molar-refractivity contribution in [2.75, 3.05) is 31.6 Å². The molecule has 1 aromatic heterocycles. The zero-order chi connectivity index (χ0) is 13.6. The maximum Gasteiger partial charge on any atom is 0.433 e. The molecule has 0 saturated carbocycles. The standard InChI is InChI=1S/C11H17F3N4/c1-3-5-15-7-8-18(2)10-16-6-4-9(17-10)11(12,13)14/h4,6,15H,3,5,7-8H2,1-2H3. The summed E-state index contributed by atoms with van der Waals surface area (Å²) in [5.41, 5.74) is -0.916. The van der Waals surface area contributed by atoms with Gasteiger partial charge in [-0.2, -0.15) is 13.2 Å². The molecule has 18 heavy (non-hydrogen) atoms. The highest BCUT2D eigenvalue weighted by Gasteiger charge is 2.33. The van der Waals surface area contributed by atoms with Crippen molar-refractivity contribution in [1.29, 1.82) is 0 Å². The van der Waals surface area contributed by atoms with Crippen molar-refractivity contribution < 1.29 is 13.2 Å². The lowest BCUT2D eigenvalue weighted by molar-refractivity contribution is -0.141. The van der Waals surface area contributed by atoms with E-state index in [9.17, 15) is 13.2 Å². The summed E-state index contributed by atoms with van der Waals surface area (Å²) in [7, 11) is 1.67. The molecular formula is C11H17F3N4. The summed E-state index contributed by atoms with van der Waals surface area (Å²) in [6, 6.07) is 0.868. The highest BCUT2D eigenvalue weighted by molar-refractivity contribution is 5.29. The predicted molar refractivity (Wildman–Crippen MR) is 63.5 cm³/mol. The third-order valence-electron chi connectivity index (χ3n) is 2.33. The Bertz CT molecular complexity index is 368. The SMILES string of the molecule is CCCNCCN(C)c1nccc(C(F)(F)F)n1. The van der Waals surface area contributed by atoms with Gasteiger partial charge in [0.05, 0.1) is 0 Å². The monoisotopic (exact) mass is 262 g/mol. The van der Waals surface area contributed by atoms with Crippen LogP contribution in [0.4, 0.5) is 19.1 Å². The average molecular weight is 262 g/mol. The average Bonchev–Trinajstić information content (AvgIpc) is 2.33. The molecule has 0 fully saturated rings. The first kappa shape index (κ1) is 14.7. The minimum atomic E-state index is -4.43. The molecule has 0 unspecified atom stereocenters. The molecule has 0 aliphatic heterocycles. The summed E-state index contributed by atoms with van der Waals surface area (Å²) < 4.78 is 37.4. The van der Waals surface area contributed by atoms with E-state index in [-0.39, 0.29) is 5.95 Å². The van der Waals surface area contributed by atoms with Gasteiger partial charge in [0.25, 0.3) is 0 Å². The van der Waals surface area contributed by atoms with Crippen molar-refractivity contribution in [1.82, 2.24) is 15.3 Å². The van der Waals surface area contributed by atoms with E-state index in [2.05, 4.69) is 15.3 Å². The lowest BCUT2D eigenvalue weighted by Crippen LogP contribution is -2.31. The second kappa shape index (κ2) is 6.53. The van der Waals surface area contributed by atoms with Crippen LogP contribution in [0.2, 0.25) is 0 Å². The Balaban J connectivity index is 2.60. The first-order chi connectivity index (χ1) is 8.45. The fourth-order valence-electron chi connectivity index (χ4n) is 1.34. The van der Waals surface area contributed by atoms with Gasteiger partial charge < -0.3 is 10.2 Å². The summed E-state index contributed by atoms with van der Waals surface area (Å²) in [5.74, 6) is 0.0862. The van der Waals surface area contributed by atoms with Crippen LogP contribution < -0.4 is 10.2 Å². The molecule has 0 radical (unpaired) electrons. The third kappa shape index (κ3) is 4.48. The summed E-state index contributed by atoms with van der Waals surface area (Å²) in [5, 5.41) is 3.16. The first-order valence-corrected chi connectivity index (χ1v) is 5.77. The van der Waals surface area contributed by atoms with Crippen LogP contribution in [-0.4, -0.2) is 36.6 Å². The van der Waals surface area contributed by atoms with Gasteiger partial charge in [0, 0.05) is 26.3 Å². The van der Waals surface area contributed by atoms with Gasteiger partial charge >= 0.3 is 6.18 Å². The molecule has 0 aliphatic carbocycles. The van der Waals surface area contributed by atoms with Gasteiger partial charge in [0.15, 0.2) is 0 Å². The summed E-state index contributed by atoms with van der Waals surface area (Å²) >= 11 is 0. The van der Waals surface area contributed by atoms with Gasteiger partial charge in [0.2, 0.25) is 5.95 Å². The van der Waals surface area contributed by atoms with Crippen LogP contribution in [0.5, 0.6) is 0 Å². The number of alkyl halides is 3. The molecule has 0 aromatic carbocycles. The molecule has 0 amide bonds. The van der Waals surface area contributed by atoms with Crippen LogP contribution >= 0.6 is 0 Å². The number of hydrogen-bond donors (Lipinski definition) is 1. The molecule has 1 N–H and O–H groups in total. The Morgan fingerprint density at radius 2 is 2.06 bits per heavy atom. The van der Waals surface area contributed by atoms with Crippen molar-refractivity contribution in [3.63, 3.8) is 0 Å². The Labute approximate surface area is 104 Å². The van der Waals surface area contributed by atoms with Crippen molar-refractivity contribution in [3.8, 4) is 0 Å². The normalized spacial score (nSPS) is 11.6. The first-order valence-electron chi connectivity index (χ1n) is 5.77. The number of rotatable bonds is 6. The lowest BCUT2D eigenvalue weighted by Gasteiger charge is -2.18. The van der Waals surface area contributed by atoms with E-state index in [4.69, 9.17) is 0 Å². The molecule has 0 atom stereocenters. The zero-order valence-corrected chi connectivity index (χ0v) is 10.5. The third-order valence-corrected chi connectivity index (χ3v) is 2.33. The zero-order valence-electron chi connectivity index (χ0n) is 10.5. The van der Waals surface area contributed by atoms with Crippen LogP contribution in [0.3, 0.4) is 0 Å². The maximum atomic E-state index is 12.5. The summed E-state index contributed by atoms with van der Waals surface area (Å²) in [6.07, 6.45) is -2.29. The lowest BCUT2D eigenvalue weighted by atomic mass is 10.4. The number of likely N-dealkylation sites (N-methyl/N-ethyl adjacent to an activating group) is 1. The molecule has 1 rings (SSSR count). The largest absolute Gasteiger partial charge is 0.433 e. The van der Waals surface area contributed by atoms with Gasteiger partial charge in [-0.3, -0.25) is 0 Å². The number of aromatic nitrogens is 2. The molecule has 0 spiro atoms. The maximum absolute atomic E-state index is 12.5.